The molecule has 1 aromatic heterocycles. The van der Waals surface area contributed by atoms with E-state index in [0.29, 0.717) is 27.9 Å². The van der Waals surface area contributed by atoms with Gasteiger partial charge in [-0.2, -0.15) is 0 Å². The van der Waals surface area contributed by atoms with Gasteiger partial charge in [0.15, 0.2) is 5.76 Å². The minimum absolute atomic E-state index is 0.185. The van der Waals surface area contributed by atoms with Crippen LogP contribution in [0.15, 0.2) is 64.1 Å². The van der Waals surface area contributed by atoms with Gasteiger partial charge in [-0.25, -0.2) is 0 Å². The van der Waals surface area contributed by atoms with Gasteiger partial charge in [0.25, 0.3) is 5.91 Å². The highest BCUT2D eigenvalue weighted by Gasteiger charge is 2.13. The van der Waals surface area contributed by atoms with Gasteiger partial charge in [-0.1, -0.05) is 11.6 Å². The Morgan fingerprint density at radius 2 is 1.77 bits per heavy atom. The lowest BCUT2D eigenvalue weighted by Crippen LogP contribution is -2.14. The highest BCUT2D eigenvalue weighted by Crippen LogP contribution is 2.36. The molecule has 156 valence electrons. The number of carbonyl (C=O) groups is 2. The number of hydrogen-bond donors (Lipinski definition) is 2. The first-order chi connectivity index (χ1) is 14.5. The quantitative estimate of drug-likeness (QED) is 0.477. The summed E-state index contributed by atoms with van der Waals surface area (Å²) in [4.78, 5) is 25.2. The Morgan fingerprint density at radius 3 is 2.40 bits per heavy atom. The largest absolute Gasteiger partial charge is 0.495 e. The number of benzene rings is 2. The highest BCUT2D eigenvalue weighted by molar-refractivity contribution is 8.00. The Balaban J connectivity index is 1.55. The fraction of sp³-hybridized carbons (Fsp3) is 0.143. The molecule has 7 nitrogen and oxygen atoms in total. The van der Waals surface area contributed by atoms with E-state index in [4.69, 9.17) is 25.5 Å². The molecule has 2 aromatic carbocycles. The first-order valence-electron chi connectivity index (χ1n) is 8.79. The summed E-state index contributed by atoms with van der Waals surface area (Å²) in [7, 11) is 3.00. The lowest BCUT2D eigenvalue weighted by atomic mass is 10.2. The van der Waals surface area contributed by atoms with Crippen LogP contribution < -0.4 is 20.1 Å². The van der Waals surface area contributed by atoms with Crippen molar-refractivity contribution in [1.82, 2.24) is 0 Å². The highest BCUT2D eigenvalue weighted by atomic mass is 35.5. The second kappa shape index (κ2) is 10.1. The van der Waals surface area contributed by atoms with Gasteiger partial charge in [0.1, 0.15) is 11.5 Å². The second-order valence-electron chi connectivity index (χ2n) is 5.98. The summed E-state index contributed by atoms with van der Waals surface area (Å²) in [5.41, 5.74) is 1.09. The number of hydrogen-bond acceptors (Lipinski definition) is 6. The second-order valence-corrected chi connectivity index (χ2v) is 7.44. The molecule has 0 spiro atoms. The predicted molar refractivity (Wildman–Crippen MR) is 117 cm³/mol. The molecule has 30 heavy (non-hydrogen) atoms. The Kier molecular flexibility index (Phi) is 7.26. The summed E-state index contributed by atoms with van der Waals surface area (Å²) in [5.74, 6) is 0.789. The number of amides is 2. The van der Waals surface area contributed by atoms with Crippen molar-refractivity contribution in [2.75, 3.05) is 30.6 Å². The fourth-order valence-corrected chi connectivity index (χ4v) is 3.47. The minimum Gasteiger partial charge on any atom is -0.495 e. The van der Waals surface area contributed by atoms with Gasteiger partial charge >= 0.3 is 0 Å². The molecule has 0 fully saturated rings. The van der Waals surface area contributed by atoms with Crippen molar-refractivity contribution in [3.63, 3.8) is 0 Å². The maximum absolute atomic E-state index is 12.3. The number of ether oxygens (including phenoxy) is 2. The van der Waals surface area contributed by atoms with Crippen LogP contribution in [-0.4, -0.2) is 31.8 Å². The van der Waals surface area contributed by atoms with Gasteiger partial charge in [-0.3, -0.25) is 9.59 Å². The molecule has 0 aliphatic rings. The monoisotopic (exact) mass is 446 g/mol. The summed E-state index contributed by atoms with van der Waals surface area (Å²) in [5, 5.41) is 5.89. The third kappa shape index (κ3) is 5.49. The molecule has 0 saturated heterocycles. The topological polar surface area (TPSA) is 89.8 Å². The van der Waals surface area contributed by atoms with Crippen LogP contribution in [0.5, 0.6) is 11.5 Å². The lowest BCUT2D eigenvalue weighted by Gasteiger charge is -2.13. The molecular weight excluding hydrogens is 428 g/mol. The molecule has 2 N–H and O–H groups in total. The maximum atomic E-state index is 12.3. The normalized spacial score (nSPS) is 10.4. The Labute approximate surface area is 182 Å². The van der Waals surface area contributed by atoms with Crippen LogP contribution in [-0.2, 0) is 4.79 Å². The van der Waals surface area contributed by atoms with Gasteiger partial charge in [-0.15, -0.1) is 11.8 Å². The van der Waals surface area contributed by atoms with E-state index in [-0.39, 0.29) is 23.3 Å². The molecule has 0 aliphatic heterocycles. The number of thioether (sulfide) groups is 1. The molecule has 0 atom stereocenters. The summed E-state index contributed by atoms with van der Waals surface area (Å²) in [6.45, 7) is 0. The van der Waals surface area contributed by atoms with Gasteiger partial charge in [0.2, 0.25) is 5.91 Å². The summed E-state index contributed by atoms with van der Waals surface area (Å²) in [6.07, 6.45) is 1.44. The average molecular weight is 447 g/mol. The smallest absolute Gasteiger partial charge is 0.291 e. The number of furan rings is 1. The van der Waals surface area contributed by atoms with Crippen molar-refractivity contribution in [3.8, 4) is 11.5 Å². The van der Waals surface area contributed by atoms with E-state index in [9.17, 15) is 9.59 Å². The zero-order valence-electron chi connectivity index (χ0n) is 16.2. The standard InChI is InChI=1S/C21H19ClN2O5S/c1-27-18-11-19(28-2)16(10-15(18)22)24-20(25)12-30-14-7-5-13(6-8-14)23-21(26)17-4-3-9-29-17/h3-11H,12H2,1-2H3,(H,23,26)(H,24,25). The fourth-order valence-electron chi connectivity index (χ4n) is 2.53. The van der Waals surface area contributed by atoms with Gasteiger partial charge in [-0.05, 0) is 42.5 Å². The number of rotatable bonds is 8. The van der Waals surface area contributed by atoms with Crippen LogP contribution in [0, 0.1) is 0 Å². The Hall–Kier alpha value is -3.10. The molecule has 3 aromatic rings. The molecule has 0 aliphatic carbocycles. The van der Waals surface area contributed by atoms with Crippen LogP contribution in [0.1, 0.15) is 10.6 Å². The van der Waals surface area contributed by atoms with E-state index in [2.05, 4.69) is 10.6 Å². The van der Waals surface area contributed by atoms with Gasteiger partial charge in [0, 0.05) is 16.6 Å². The number of halogens is 1. The number of carbonyl (C=O) groups excluding carboxylic acids is 2. The van der Waals surface area contributed by atoms with Crippen LogP contribution in [0.25, 0.3) is 0 Å². The van der Waals surface area contributed by atoms with Crippen molar-refractivity contribution < 1.29 is 23.5 Å². The maximum Gasteiger partial charge on any atom is 0.291 e. The summed E-state index contributed by atoms with van der Waals surface area (Å²) in [6, 6.07) is 13.6. The molecule has 3 rings (SSSR count). The minimum atomic E-state index is -0.327. The molecule has 1 heterocycles. The van der Waals surface area contributed by atoms with Crippen LogP contribution in [0.4, 0.5) is 11.4 Å². The van der Waals surface area contributed by atoms with Gasteiger partial charge < -0.3 is 24.5 Å². The van der Waals surface area contributed by atoms with Crippen LogP contribution >= 0.6 is 23.4 Å². The van der Waals surface area contributed by atoms with Gasteiger partial charge in [0.05, 0.1) is 36.9 Å². The zero-order chi connectivity index (χ0) is 21.5. The number of anilines is 2. The first kappa shape index (κ1) is 21.6. The zero-order valence-corrected chi connectivity index (χ0v) is 17.8. The molecule has 0 bridgehead atoms. The van der Waals surface area contributed by atoms with Crippen LogP contribution in [0.3, 0.4) is 0 Å². The third-order valence-electron chi connectivity index (χ3n) is 3.98. The predicted octanol–water partition coefficient (Wildman–Crippen LogP) is 4.93. The molecule has 2 amide bonds. The van der Waals surface area contributed by atoms with E-state index in [1.54, 1.807) is 36.4 Å². The Bertz CT molecular complexity index is 1020. The number of nitrogens with one attached hydrogen (secondary N) is 2. The van der Waals surface area contributed by atoms with E-state index in [1.807, 2.05) is 12.1 Å². The van der Waals surface area contributed by atoms with Crippen molar-refractivity contribution in [3.05, 3.63) is 65.6 Å². The van der Waals surface area contributed by atoms with E-state index in [1.165, 1.54) is 32.2 Å². The summed E-state index contributed by atoms with van der Waals surface area (Å²) >= 11 is 7.48. The van der Waals surface area contributed by atoms with Crippen LogP contribution in [0.2, 0.25) is 5.02 Å². The van der Waals surface area contributed by atoms with Crippen molar-refractivity contribution >= 4 is 46.6 Å². The van der Waals surface area contributed by atoms with Crippen molar-refractivity contribution in [1.29, 1.82) is 0 Å². The SMILES string of the molecule is COc1cc(OC)c(NC(=O)CSc2ccc(NC(=O)c3ccco3)cc2)cc1Cl. The molecule has 0 unspecified atom stereocenters. The van der Waals surface area contributed by atoms with E-state index < -0.39 is 0 Å². The lowest BCUT2D eigenvalue weighted by molar-refractivity contribution is -0.113. The summed E-state index contributed by atoms with van der Waals surface area (Å²) < 4.78 is 15.5. The van der Waals surface area contributed by atoms with E-state index >= 15 is 0 Å². The Morgan fingerprint density at radius 1 is 1.03 bits per heavy atom. The number of methoxy groups -OCH3 is 2. The molecule has 0 saturated carbocycles. The van der Waals surface area contributed by atoms with Crippen molar-refractivity contribution in [2.24, 2.45) is 0 Å². The first-order valence-corrected chi connectivity index (χ1v) is 10.2. The molecule has 0 radical (unpaired) electrons. The third-order valence-corrected chi connectivity index (χ3v) is 5.28. The van der Waals surface area contributed by atoms with E-state index in [0.717, 1.165) is 4.90 Å². The van der Waals surface area contributed by atoms with Crippen molar-refractivity contribution in [2.45, 2.75) is 4.90 Å². The molecule has 9 heteroatoms. The molecular formula is C21H19ClN2O5S. The average Bonchev–Trinajstić information content (AvgIpc) is 3.28.